The first-order chi connectivity index (χ1) is 6.64. The summed E-state index contributed by atoms with van der Waals surface area (Å²) in [4.78, 5) is 0. The Hall–Kier alpha value is -0.0200. The van der Waals surface area contributed by atoms with Gasteiger partial charge in [0.25, 0.3) is 0 Å². The summed E-state index contributed by atoms with van der Waals surface area (Å²) in [5, 5.41) is 10.2. The minimum absolute atomic E-state index is 0.671. The topological polar surface area (TPSA) is 32.6 Å². The maximum Gasteiger partial charge on any atom is 0.103 e. The summed E-state index contributed by atoms with van der Waals surface area (Å²) in [6.07, 6.45) is 3.47. The van der Waals surface area contributed by atoms with Gasteiger partial charge in [-0.25, -0.2) is 4.40 Å². The zero-order chi connectivity index (χ0) is 11.0. The molecule has 0 radical (unpaired) electrons. The smallest absolute Gasteiger partial charge is 0.103 e. The summed E-state index contributed by atoms with van der Waals surface area (Å²) in [5.74, 6) is 1.03. The summed E-state index contributed by atoms with van der Waals surface area (Å²) >= 11 is 1.57. The molecule has 3 heteroatoms. The fourth-order valence-electron chi connectivity index (χ4n) is 1.35. The monoisotopic (exact) mass is 217 g/mol. The van der Waals surface area contributed by atoms with Crippen molar-refractivity contribution in [3.63, 3.8) is 0 Å². The second-order valence-corrected chi connectivity index (χ2v) is 4.31. The van der Waals surface area contributed by atoms with Crippen LogP contribution in [-0.4, -0.2) is 22.2 Å². The second kappa shape index (κ2) is 7.30. The molecule has 0 unspecified atom stereocenters. The molecule has 0 rings (SSSR count). The predicted molar refractivity (Wildman–Crippen MR) is 66.0 cm³/mol. The molecule has 14 heavy (non-hydrogen) atoms. The summed E-state index contributed by atoms with van der Waals surface area (Å²) in [6.45, 7) is 8.22. The highest BCUT2D eigenvalue weighted by atomic mass is 32.2. The van der Waals surface area contributed by atoms with Crippen LogP contribution in [0.3, 0.4) is 0 Å². The molecule has 0 aliphatic carbocycles. The lowest BCUT2D eigenvalue weighted by Crippen LogP contribution is -2.36. The molecule has 0 bridgehead atoms. The van der Waals surface area contributed by atoms with E-state index in [0.717, 1.165) is 37.1 Å². The normalized spacial score (nSPS) is 13.4. The van der Waals surface area contributed by atoms with Gasteiger partial charge in [-0.05, 0) is 37.6 Å². The molecule has 0 aromatic heterocycles. The number of nitrogens with zero attached hydrogens (tertiary/aromatic N) is 1. The van der Waals surface area contributed by atoms with E-state index in [4.69, 9.17) is 0 Å². The SMILES string of the molecule is CCCS/N=C(/CC)C(O)(CC)CC. The van der Waals surface area contributed by atoms with Crippen LogP contribution in [0.1, 0.15) is 53.4 Å². The Morgan fingerprint density at radius 2 is 1.79 bits per heavy atom. The van der Waals surface area contributed by atoms with Crippen LogP contribution in [0, 0.1) is 0 Å². The van der Waals surface area contributed by atoms with E-state index in [2.05, 4.69) is 18.2 Å². The molecule has 0 spiro atoms. The molecule has 0 aliphatic rings. The zero-order valence-corrected chi connectivity index (χ0v) is 10.7. The van der Waals surface area contributed by atoms with E-state index in [9.17, 15) is 5.11 Å². The van der Waals surface area contributed by atoms with E-state index in [1.807, 2.05) is 13.8 Å². The van der Waals surface area contributed by atoms with E-state index in [1.165, 1.54) is 0 Å². The molecule has 0 saturated heterocycles. The van der Waals surface area contributed by atoms with Crippen LogP contribution < -0.4 is 0 Å². The van der Waals surface area contributed by atoms with E-state index in [-0.39, 0.29) is 0 Å². The van der Waals surface area contributed by atoms with Gasteiger partial charge in [0.05, 0.1) is 5.71 Å². The molecular weight excluding hydrogens is 194 g/mol. The lowest BCUT2D eigenvalue weighted by atomic mass is 9.90. The lowest BCUT2D eigenvalue weighted by molar-refractivity contribution is 0.102. The van der Waals surface area contributed by atoms with Gasteiger partial charge in [0.1, 0.15) is 5.60 Å². The van der Waals surface area contributed by atoms with Gasteiger partial charge < -0.3 is 5.11 Å². The molecule has 0 heterocycles. The molecule has 0 atom stereocenters. The molecule has 0 saturated carbocycles. The third-order valence-corrected chi connectivity index (χ3v) is 3.45. The molecule has 0 aromatic rings. The third kappa shape index (κ3) is 4.01. The summed E-state index contributed by atoms with van der Waals surface area (Å²) in [6, 6.07) is 0. The van der Waals surface area contributed by atoms with Crippen LogP contribution in [0.15, 0.2) is 4.40 Å². The Labute approximate surface area is 92.3 Å². The highest BCUT2D eigenvalue weighted by Gasteiger charge is 2.27. The van der Waals surface area contributed by atoms with Crippen molar-refractivity contribution in [3.8, 4) is 0 Å². The van der Waals surface area contributed by atoms with Crippen LogP contribution in [0.5, 0.6) is 0 Å². The van der Waals surface area contributed by atoms with Crippen molar-refractivity contribution in [2.24, 2.45) is 4.40 Å². The van der Waals surface area contributed by atoms with Crippen LogP contribution in [0.25, 0.3) is 0 Å². The lowest BCUT2D eigenvalue weighted by Gasteiger charge is -2.26. The van der Waals surface area contributed by atoms with Crippen molar-refractivity contribution in [2.45, 2.75) is 59.0 Å². The van der Waals surface area contributed by atoms with Crippen molar-refractivity contribution >= 4 is 17.7 Å². The molecule has 0 aliphatic heterocycles. The van der Waals surface area contributed by atoms with Crippen molar-refractivity contribution in [1.82, 2.24) is 0 Å². The largest absolute Gasteiger partial charge is 0.384 e. The van der Waals surface area contributed by atoms with Gasteiger partial charge in [-0.2, -0.15) is 0 Å². The maximum atomic E-state index is 10.2. The minimum atomic E-state index is -0.671. The van der Waals surface area contributed by atoms with Crippen molar-refractivity contribution < 1.29 is 5.11 Å². The summed E-state index contributed by atoms with van der Waals surface area (Å²) < 4.78 is 4.43. The molecule has 1 N–H and O–H groups in total. The van der Waals surface area contributed by atoms with E-state index in [1.54, 1.807) is 11.9 Å². The van der Waals surface area contributed by atoms with Crippen LogP contribution in [0.4, 0.5) is 0 Å². The fraction of sp³-hybridized carbons (Fsp3) is 0.909. The van der Waals surface area contributed by atoms with Crippen molar-refractivity contribution in [1.29, 1.82) is 0 Å². The van der Waals surface area contributed by atoms with E-state index >= 15 is 0 Å². The number of aliphatic hydroxyl groups is 1. The second-order valence-electron chi connectivity index (χ2n) is 3.46. The Morgan fingerprint density at radius 1 is 1.21 bits per heavy atom. The first-order valence-corrected chi connectivity index (χ1v) is 6.50. The molecule has 84 valence electrons. The van der Waals surface area contributed by atoms with Gasteiger partial charge in [0.2, 0.25) is 0 Å². The highest BCUT2D eigenvalue weighted by molar-refractivity contribution is 7.98. The predicted octanol–water partition coefficient (Wildman–Crippen LogP) is 3.45. The molecule has 0 amide bonds. The Morgan fingerprint density at radius 3 is 2.14 bits per heavy atom. The molecule has 0 aromatic carbocycles. The number of hydrogen-bond acceptors (Lipinski definition) is 3. The number of hydrogen-bond donors (Lipinski definition) is 1. The van der Waals surface area contributed by atoms with Gasteiger partial charge in [0.15, 0.2) is 0 Å². The van der Waals surface area contributed by atoms with Crippen molar-refractivity contribution in [2.75, 3.05) is 5.75 Å². The fourth-order valence-corrected chi connectivity index (χ4v) is 2.08. The maximum absolute atomic E-state index is 10.2. The summed E-state index contributed by atoms with van der Waals surface area (Å²) in [7, 11) is 0. The van der Waals surface area contributed by atoms with Gasteiger partial charge in [0, 0.05) is 5.75 Å². The Balaban J connectivity index is 4.43. The molecule has 0 fully saturated rings. The third-order valence-electron chi connectivity index (χ3n) is 2.51. The first-order valence-electron chi connectivity index (χ1n) is 5.56. The quantitative estimate of drug-likeness (QED) is 0.402. The van der Waals surface area contributed by atoms with Gasteiger partial charge in [-0.3, -0.25) is 0 Å². The van der Waals surface area contributed by atoms with Crippen molar-refractivity contribution in [3.05, 3.63) is 0 Å². The standard InChI is InChI=1S/C11H23NOS/c1-5-9-14-12-10(6-2)11(13,7-3)8-4/h13H,5-9H2,1-4H3/b12-10-. The van der Waals surface area contributed by atoms with Crippen LogP contribution in [-0.2, 0) is 0 Å². The number of rotatable bonds is 7. The average molecular weight is 217 g/mol. The Kier molecular flexibility index (Phi) is 7.28. The average Bonchev–Trinajstić information content (AvgIpc) is 2.23. The zero-order valence-electron chi connectivity index (χ0n) is 9.84. The van der Waals surface area contributed by atoms with E-state index in [0.29, 0.717) is 0 Å². The minimum Gasteiger partial charge on any atom is -0.384 e. The van der Waals surface area contributed by atoms with Crippen LogP contribution >= 0.6 is 11.9 Å². The Bertz CT molecular complexity index is 176. The summed E-state index contributed by atoms with van der Waals surface area (Å²) in [5.41, 5.74) is 0.274. The van der Waals surface area contributed by atoms with Crippen LogP contribution in [0.2, 0.25) is 0 Å². The van der Waals surface area contributed by atoms with Gasteiger partial charge >= 0.3 is 0 Å². The van der Waals surface area contributed by atoms with Gasteiger partial charge in [-0.15, -0.1) is 0 Å². The molecular formula is C11H23NOS. The molecule has 2 nitrogen and oxygen atoms in total. The highest BCUT2D eigenvalue weighted by Crippen LogP contribution is 2.21. The first kappa shape index (κ1) is 14.0. The van der Waals surface area contributed by atoms with E-state index < -0.39 is 5.60 Å². The van der Waals surface area contributed by atoms with Gasteiger partial charge in [-0.1, -0.05) is 27.7 Å².